The van der Waals surface area contributed by atoms with E-state index in [1.807, 2.05) is 24.3 Å². The van der Waals surface area contributed by atoms with Crippen molar-refractivity contribution in [3.63, 3.8) is 0 Å². The fourth-order valence-corrected chi connectivity index (χ4v) is 1.95. The Hall–Kier alpha value is -1.44. The van der Waals surface area contributed by atoms with Crippen LogP contribution in [0.5, 0.6) is 0 Å². The van der Waals surface area contributed by atoms with Crippen molar-refractivity contribution in [1.82, 2.24) is 5.43 Å². The number of carbonyl (C=O) groups excluding carboxylic acids is 2. The molecule has 6 heteroatoms. The molecule has 0 fully saturated rings. The Morgan fingerprint density at radius 3 is 2.88 bits per heavy atom. The normalized spacial score (nSPS) is 14.9. The lowest BCUT2D eigenvalue weighted by Crippen LogP contribution is -2.32. The number of anilines is 1. The number of nitrogens with zero attached hydrogens (tertiary/aromatic N) is 1. The van der Waals surface area contributed by atoms with E-state index in [4.69, 9.17) is 0 Å². The van der Waals surface area contributed by atoms with Gasteiger partial charge in [0.2, 0.25) is 5.91 Å². The lowest BCUT2D eigenvalue weighted by Gasteiger charge is -2.11. The highest BCUT2D eigenvalue weighted by molar-refractivity contribution is 14.1. The van der Waals surface area contributed by atoms with E-state index in [0.29, 0.717) is 18.6 Å². The molecule has 2 rings (SSSR count). The number of hydrogen-bond acceptors (Lipinski definition) is 3. The largest absolute Gasteiger partial charge is 0.321 e. The maximum Gasteiger partial charge on any atom is 0.271 e. The summed E-state index contributed by atoms with van der Waals surface area (Å²) in [5.74, 6) is -0.428. The second kappa shape index (κ2) is 5.26. The predicted molar refractivity (Wildman–Crippen MR) is 72.6 cm³/mol. The van der Waals surface area contributed by atoms with E-state index in [2.05, 4.69) is 38.4 Å². The first-order valence-corrected chi connectivity index (χ1v) is 6.15. The molecule has 0 aromatic heterocycles. The van der Waals surface area contributed by atoms with Gasteiger partial charge in [-0.05, 0) is 40.8 Å². The number of carbonyl (C=O) groups is 2. The standard InChI is InChI=1S/C11H10IN3O2/c12-7-2-1-3-8(6-7)13-11(17)9-4-5-10(16)15-14-9/h1-3,6H,4-5H2,(H,13,17)(H,15,16). The van der Waals surface area contributed by atoms with Gasteiger partial charge in [-0.25, -0.2) is 5.43 Å². The van der Waals surface area contributed by atoms with Crippen molar-refractivity contribution in [3.05, 3.63) is 27.8 Å². The highest BCUT2D eigenvalue weighted by Crippen LogP contribution is 2.13. The Kier molecular flexibility index (Phi) is 3.72. The lowest BCUT2D eigenvalue weighted by atomic mass is 10.1. The molecule has 0 saturated heterocycles. The summed E-state index contributed by atoms with van der Waals surface area (Å²) in [4.78, 5) is 22.7. The third kappa shape index (κ3) is 3.26. The Balaban J connectivity index is 2.04. The molecule has 2 N–H and O–H groups in total. The summed E-state index contributed by atoms with van der Waals surface area (Å²) in [5, 5.41) is 6.47. The highest BCUT2D eigenvalue weighted by atomic mass is 127. The summed E-state index contributed by atoms with van der Waals surface area (Å²) in [7, 11) is 0. The summed E-state index contributed by atoms with van der Waals surface area (Å²) in [6.45, 7) is 0. The molecule has 1 aromatic carbocycles. The number of hydrogen-bond donors (Lipinski definition) is 2. The first-order chi connectivity index (χ1) is 8.15. The van der Waals surface area contributed by atoms with Gasteiger partial charge in [0, 0.05) is 22.1 Å². The Bertz CT molecular complexity index is 499. The molecule has 0 unspecified atom stereocenters. The van der Waals surface area contributed by atoms with Gasteiger partial charge >= 0.3 is 0 Å². The predicted octanol–water partition coefficient (Wildman–Crippen LogP) is 1.50. The molecule has 88 valence electrons. The van der Waals surface area contributed by atoms with Crippen LogP contribution in [0.1, 0.15) is 12.8 Å². The molecule has 0 aliphatic carbocycles. The lowest BCUT2D eigenvalue weighted by molar-refractivity contribution is -0.121. The molecule has 1 aliphatic heterocycles. The van der Waals surface area contributed by atoms with Gasteiger partial charge in [-0.3, -0.25) is 9.59 Å². The first kappa shape index (κ1) is 12.0. The SMILES string of the molecule is O=C1CCC(C(=O)Nc2cccc(I)c2)=NN1. The number of hydrazone groups is 1. The number of rotatable bonds is 2. The van der Waals surface area contributed by atoms with Gasteiger partial charge in [-0.15, -0.1) is 0 Å². The summed E-state index contributed by atoms with van der Waals surface area (Å²) in [5.41, 5.74) is 3.37. The third-order valence-corrected chi connectivity index (χ3v) is 2.92. The van der Waals surface area contributed by atoms with Crippen LogP contribution < -0.4 is 10.7 Å². The Morgan fingerprint density at radius 1 is 1.41 bits per heavy atom. The van der Waals surface area contributed by atoms with Crippen LogP contribution in [0.4, 0.5) is 5.69 Å². The molecule has 0 bridgehead atoms. The molecule has 2 amide bonds. The van der Waals surface area contributed by atoms with E-state index >= 15 is 0 Å². The Morgan fingerprint density at radius 2 is 2.24 bits per heavy atom. The zero-order valence-corrected chi connectivity index (χ0v) is 11.0. The van der Waals surface area contributed by atoms with Gasteiger partial charge in [-0.1, -0.05) is 6.07 Å². The fourth-order valence-electron chi connectivity index (χ4n) is 1.41. The highest BCUT2D eigenvalue weighted by Gasteiger charge is 2.18. The zero-order valence-electron chi connectivity index (χ0n) is 8.87. The van der Waals surface area contributed by atoms with Crippen molar-refractivity contribution < 1.29 is 9.59 Å². The van der Waals surface area contributed by atoms with Crippen LogP contribution in [0.25, 0.3) is 0 Å². The molecule has 0 atom stereocenters. The fraction of sp³-hybridized carbons (Fsp3) is 0.182. The van der Waals surface area contributed by atoms with E-state index in [1.54, 1.807) is 0 Å². The maximum atomic E-state index is 11.8. The minimum atomic E-state index is -0.271. The average Bonchev–Trinajstić information content (AvgIpc) is 2.29. The maximum absolute atomic E-state index is 11.8. The molecule has 0 spiro atoms. The zero-order chi connectivity index (χ0) is 12.3. The number of halogens is 1. The van der Waals surface area contributed by atoms with Gasteiger partial charge in [-0.2, -0.15) is 5.10 Å². The smallest absolute Gasteiger partial charge is 0.271 e. The van der Waals surface area contributed by atoms with Gasteiger partial charge in [0.25, 0.3) is 5.91 Å². The monoisotopic (exact) mass is 343 g/mol. The molecule has 17 heavy (non-hydrogen) atoms. The van der Waals surface area contributed by atoms with Crippen LogP contribution in [0.2, 0.25) is 0 Å². The third-order valence-electron chi connectivity index (χ3n) is 2.25. The van der Waals surface area contributed by atoms with E-state index in [-0.39, 0.29) is 11.8 Å². The minimum Gasteiger partial charge on any atom is -0.321 e. The quantitative estimate of drug-likeness (QED) is 0.799. The van der Waals surface area contributed by atoms with Crippen LogP contribution in [-0.2, 0) is 9.59 Å². The summed E-state index contributed by atoms with van der Waals surface area (Å²) in [6, 6.07) is 7.47. The van der Waals surface area contributed by atoms with Gasteiger partial charge in [0.1, 0.15) is 5.71 Å². The molecule has 1 heterocycles. The number of amides is 2. The molecule has 1 aromatic rings. The van der Waals surface area contributed by atoms with Gasteiger partial charge in [0.15, 0.2) is 0 Å². The van der Waals surface area contributed by atoms with Gasteiger partial charge < -0.3 is 5.32 Å². The van der Waals surface area contributed by atoms with Crippen molar-refractivity contribution in [2.45, 2.75) is 12.8 Å². The molecular weight excluding hydrogens is 333 g/mol. The van der Waals surface area contributed by atoms with E-state index < -0.39 is 0 Å². The van der Waals surface area contributed by atoms with Crippen LogP contribution >= 0.6 is 22.6 Å². The molecule has 5 nitrogen and oxygen atoms in total. The summed E-state index contributed by atoms with van der Waals surface area (Å²) >= 11 is 2.17. The van der Waals surface area contributed by atoms with Gasteiger partial charge in [0.05, 0.1) is 0 Å². The van der Waals surface area contributed by atoms with Crippen molar-refractivity contribution in [2.24, 2.45) is 5.10 Å². The minimum absolute atomic E-state index is 0.157. The molecular formula is C11H10IN3O2. The van der Waals surface area contributed by atoms with Crippen LogP contribution in [0.3, 0.4) is 0 Å². The van der Waals surface area contributed by atoms with Crippen molar-refractivity contribution >= 4 is 45.8 Å². The molecule has 1 aliphatic rings. The average molecular weight is 343 g/mol. The number of nitrogens with one attached hydrogen (secondary N) is 2. The van der Waals surface area contributed by atoms with Crippen LogP contribution in [0, 0.1) is 3.57 Å². The second-order valence-corrected chi connectivity index (χ2v) is 4.80. The topological polar surface area (TPSA) is 70.6 Å². The first-order valence-electron chi connectivity index (χ1n) is 5.07. The van der Waals surface area contributed by atoms with Crippen LogP contribution in [0.15, 0.2) is 29.4 Å². The van der Waals surface area contributed by atoms with Crippen molar-refractivity contribution in [1.29, 1.82) is 0 Å². The number of benzene rings is 1. The van der Waals surface area contributed by atoms with E-state index in [0.717, 1.165) is 9.26 Å². The van der Waals surface area contributed by atoms with Crippen LogP contribution in [-0.4, -0.2) is 17.5 Å². The Labute approximate surface area is 112 Å². The van der Waals surface area contributed by atoms with Crippen molar-refractivity contribution in [2.75, 3.05) is 5.32 Å². The summed E-state index contributed by atoms with van der Waals surface area (Å²) < 4.78 is 1.04. The van der Waals surface area contributed by atoms with E-state index in [1.165, 1.54) is 0 Å². The second-order valence-electron chi connectivity index (χ2n) is 3.56. The molecule has 0 radical (unpaired) electrons. The molecule has 0 saturated carbocycles. The summed E-state index contributed by atoms with van der Waals surface area (Å²) in [6.07, 6.45) is 0.681. The van der Waals surface area contributed by atoms with Crippen molar-refractivity contribution in [3.8, 4) is 0 Å². The van der Waals surface area contributed by atoms with E-state index in [9.17, 15) is 9.59 Å².